The Morgan fingerprint density at radius 1 is 1.53 bits per heavy atom. The van der Waals surface area contributed by atoms with Crippen LogP contribution < -0.4 is 0 Å². The third-order valence-electron chi connectivity index (χ3n) is 2.81. The summed E-state index contributed by atoms with van der Waals surface area (Å²) in [4.78, 5) is 15.6. The van der Waals surface area contributed by atoms with Crippen LogP contribution in [0.3, 0.4) is 0 Å². The van der Waals surface area contributed by atoms with E-state index in [1.54, 1.807) is 12.0 Å². The quantitative estimate of drug-likeness (QED) is 0.665. The van der Waals surface area contributed by atoms with E-state index in [-0.39, 0.29) is 18.6 Å². The van der Waals surface area contributed by atoms with E-state index in [0.717, 1.165) is 19.5 Å². The molecule has 1 atom stereocenters. The van der Waals surface area contributed by atoms with Gasteiger partial charge in [-0.15, -0.1) is 0 Å². The number of aliphatic hydroxyl groups is 1. The zero-order chi connectivity index (χ0) is 11.3. The zero-order valence-corrected chi connectivity index (χ0v) is 9.48. The van der Waals surface area contributed by atoms with E-state index in [0.29, 0.717) is 13.2 Å². The van der Waals surface area contributed by atoms with E-state index in [2.05, 4.69) is 0 Å². The molecule has 15 heavy (non-hydrogen) atoms. The van der Waals surface area contributed by atoms with E-state index in [4.69, 9.17) is 4.74 Å². The summed E-state index contributed by atoms with van der Waals surface area (Å²) in [5.41, 5.74) is 0. The highest BCUT2D eigenvalue weighted by atomic mass is 16.5. The number of nitrogens with zero attached hydrogens (tertiary/aromatic N) is 2. The van der Waals surface area contributed by atoms with Crippen LogP contribution in [-0.2, 0) is 9.53 Å². The molecule has 1 unspecified atom stereocenters. The Morgan fingerprint density at radius 3 is 2.87 bits per heavy atom. The van der Waals surface area contributed by atoms with E-state index < -0.39 is 0 Å². The topological polar surface area (TPSA) is 53.0 Å². The Kier molecular flexibility index (Phi) is 5.01. The molecule has 0 bridgehead atoms. The minimum absolute atomic E-state index is 0.00884. The van der Waals surface area contributed by atoms with Crippen molar-refractivity contribution in [3.63, 3.8) is 0 Å². The molecule has 5 heteroatoms. The van der Waals surface area contributed by atoms with Gasteiger partial charge in [0.05, 0.1) is 13.2 Å². The van der Waals surface area contributed by atoms with Crippen LogP contribution in [0.5, 0.6) is 0 Å². The smallest absolute Gasteiger partial charge is 0.242 e. The molecule has 1 N–H and O–H groups in total. The van der Waals surface area contributed by atoms with Gasteiger partial charge < -0.3 is 14.7 Å². The van der Waals surface area contributed by atoms with Gasteiger partial charge in [-0.3, -0.25) is 9.69 Å². The van der Waals surface area contributed by atoms with Crippen LogP contribution >= 0.6 is 0 Å². The maximum atomic E-state index is 12.0. The Bertz CT molecular complexity index is 209. The van der Waals surface area contributed by atoms with Crippen molar-refractivity contribution >= 4 is 5.91 Å². The van der Waals surface area contributed by atoms with Crippen molar-refractivity contribution in [2.45, 2.75) is 12.5 Å². The highest BCUT2D eigenvalue weighted by Crippen LogP contribution is 2.09. The van der Waals surface area contributed by atoms with E-state index >= 15 is 0 Å². The van der Waals surface area contributed by atoms with Gasteiger partial charge in [-0.05, 0) is 13.5 Å². The second kappa shape index (κ2) is 6.05. The predicted octanol–water partition coefficient (Wildman–Crippen LogP) is -0.842. The van der Waals surface area contributed by atoms with E-state index in [1.165, 1.54) is 0 Å². The summed E-state index contributed by atoms with van der Waals surface area (Å²) in [6.07, 6.45) is 0.947. The molecule has 0 aromatic rings. The minimum atomic E-state index is -0.385. The van der Waals surface area contributed by atoms with Crippen molar-refractivity contribution < 1.29 is 14.6 Å². The van der Waals surface area contributed by atoms with Gasteiger partial charge in [-0.25, -0.2) is 0 Å². The van der Waals surface area contributed by atoms with Gasteiger partial charge in [-0.2, -0.15) is 0 Å². The fourth-order valence-electron chi connectivity index (χ4n) is 1.82. The van der Waals surface area contributed by atoms with Crippen LogP contribution in [0.1, 0.15) is 6.42 Å². The third kappa shape index (κ3) is 3.15. The molecule has 5 nitrogen and oxygen atoms in total. The summed E-state index contributed by atoms with van der Waals surface area (Å²) >= 11 is 0. The summed E-state index contributed by atoms with van der Waals surface area (Å²) in [6.45, 7) is 2.65. The van der Waals surface area contributed by atoms with Gasteiger partial charge in [-0.1, -0.05) is 0 Å². The number of hydrogen-bond donors (Lipinski definition) is 1. The van der Waals surface area contributed by atoms with Gasteiger partial charge >= 0.3 is 0 Å². The number of hydrogen-bond acceptors (Lipinski definition) is 4. The van der Waals surface area contributed by atoms with Crippen molar-refractivity contribution in [1.82, 2.24) is 9.80 Å². The van der Waals surface area contributed by atoms with Gasteiger partial charge in [0.25, 0.3) is 0 Å². The van der Waals surface area contributed by atoms with E-state index in [9.17, 15) is 9.90 Å². The number of ether oxygens (including phenoxy) is 1. The Hall–Kier alpha value is -0.650. The minimum Gasteiger partial charge on any atom is -0.394 e. The maximum Gasteiger partial charge on any atom is 0.242 e. The van der Waals surface area contributed by atoms with Crippen LogP contribution in [-0.4, -0.2) is 73.9 Å². The predicted molar refractivity (Wildman–Crippen MR) is 56.6 cm³/mol. The summed E-state index contributed by atoms with van der Waals surface area (Å²) in [7, 11) is 3.50. The summed E-state index contributed by atoms with van der Waals surface area (Å²) < 4.78 is 4.96. The average molecular weight is 216 g/mol. The number of carbonyl (C=O) groups is 1. The molecule has 0 aromatic heterocycles. The van der Waals surface area contributed by atoms with Crippen molar-refractivity contribution in [1.29, 1.82) is 0 Å². The van der Waals surface area contributed by atoms with Gasteiger partial charge in [0.1, 0.15) is 6.04 Å². The fraction of sp³-hybridized carbons (Fsp3) is 0.900. The number of rotatable bonds is 4. The second-order valence-electron chi connectivity index (χ2n) is 3.85. The first-order valence-electron chi connectivity index (χ1n) is 5.29. The van der Waals surface area contributed by atoms with Crippen LogP contribution in [0.15, 0.2) is 0 Å². The summed E-state index contributed by atoms with van der Waals surface area (Å²) in [5.74, 6) is 0.00884. The van der Waals surface area contributed by atoms with Crippen molar-refractivity contribution in [3.8, 4) is 0 Å². The highest BCUT2D eigenvalue weighted by Gasteiger charge is 2.29. The number of aliphatic hydroxyl groups excluding tert-OH is 1. The van der Waals surface area contributed by atoms with Crippen molar-refractivity contribution in [2.24, 2.45) is 0 Å². The molecule has 0 aromatic carbocycles. The molecule has 0 aliphatic carbocycles. The van der Waals surface area contributed by atoms with Gasteiger partial charge in [0, 0.05) is 26.7 Å². The average Bonchev–Trinajstić information content (AvgIpc) is 2.35. The lowest BCUT2D eigenvalue weighted by molar-refractivity contribution is -0.136. The van der Waals surface area contributed by atoms with Crippen LogP contribution in [0, 0.1) is 0 Å². The molecule has 0 radical (unpaired) electrons. The molecule has 0 saturated carbocycles. The molecule has 1 rings (SSSR count). The van der Waals surface area contributed by atoms with E-state index in [1.807, 2.05) is 11.9 Å². The molecular weight excluding hydrogens is 196 g/mol. The molecule has 1 aliphatic rings. The molecule has 88 valence electrons. The zero-order valence-electron chi connectivity index (χ0n) is 9.48. The SMILES string of the molecule is COCCN1CCCN(C)C(CO)C1=O. The molecule has 1 saturated heterocycles. The van der Waals surface area contributed by atoms with Crippen molar-refractivity contribution in [3.05, 3.63) is 0 Å². The second-order valence-corrected chi connectivity index (χ2v) is 3.85. The first-order chi connectivity index (χ1) is 7.20. The summed E-state index contributed by atoms with van der Waals surface area (Å²) in [6, 6.07) is -0.385. The summed E-state index contributed by atoms with van der Waals surface area (Å²) in [5, 5.41) is 9.18. The fourth-order valence-corrected chi connectivity index (χ4v) is 1.82. The molecular formula is C10H20N2O3. The Morgan fingerprint density at radius 2 is 2.27 bits per heavy atom. The Balaban J connectivity index is 2.60. The normalized spacial score (nSPS) is 24.3. The first kappa shape index (κ1) is 12.4. The number of methoxy groups -OCH3 is 1. The molecule has 1 aliphatic heterocycles. The van der Waals surface area contributed by atoms with Crippen molar-refractivity contribution in [2.75, 3.05) is 47.0 Å². The van der Waals surface area contributed by atoms with Crippen LogP contribution in [0.25, 0.3) is 0 Å². The lowest BCUT2D eigenvalue weighted by Gasteiger charge is -2.26. The van der Waals surface area contributed by atoms with Crippen LogP contribution in [0.2, 0.25) is 0 Å². The maximum absolute atomic E-state index is 12.0. The van der Waals surface area contributed by atoms with Gasteiger partial charge in [0.15, 0.2) is 0 Å². The lowest BCUT2D eigenvalue weighted by atomic mass is 10.2. The third-order valence-corrected chi connectivity index (χ3v) is 2.81. The largest absolute Gasteiger partial charge is 0.394 e. The molecule has 1 heterocycles. The monoisotopic (exact) mass is 216 g/mol. The number of amides is 1. The van der Waals surface area contributed by atoms with Gasteiger partial charge in [0.2, 0.25) is 5.91 Å². The molecule has 1 amide bonds. The standard InChI is InChI=1S/C10H20N2O3/c1-11-4-3-5-12(6-7-15-2)10(14)9(11)8-13/h9,13H,3-8H2,1-2H3. The number of likely N-dealkylation sites (N-methyl/N-ethyl adjacent to an activating group) is 1. The van der Waals surface area contributed by atoms with Crippen LogP contribution in [0.4, 0.5) is 0 Å². The number of carbonyl (C=O) groups excluding carboxylic acids is 1. The lowest BCUT2D eigenvalue weighted by Crippen LogP contribution is -2.47. The Labute approximate surface area is 90.6 Å². The first-order valence-corrected chi connectivity index (χ1v) is 5.29. The molecule has 1 fully saturated rings. The molecule has 0 spiro atoms. The highest BCUT2D eigenvalue weighted by molar-refractivity contribution is 5.82.